The van der Waals surface area contributed by atoms with Crippen molar-refractivity contribution in [2.45, 2.75) is 12.2 Å². The maximum absolute atomic E-state index is 13.6. The van der Waals surface area contributed by atoms with Gasteiger partial charge in [0.1, 0.15) is 5.00 Å². The molecule has 31 heavy (non-hydrogen) atoms. The molecular formula is C22H28N4O3S2. The van der Waals surface area contributed by atoms with Crippen LogP contribution in [0.4, 0.5) is 0 Å². The summed E-state index contributed by atoms with van der Waals surface area (Å²) < 4.78 is 7.44. The van der Waals surface area contributed by atoms with Gasteiger partial charge < -0.3 is 19.1 Å². The van der Waals surface area contributed by atoms with Crippen molar-refractivity contribution in [2.24, 2.45) is 0 Å². The summed E-state index contributed by atoms with van der Waals surface area (Å²) in [6.07, 6.45) is 4.99. The molecule has 5 heterocycles. The fourth-order valence-corrected chi connectivity index (χ4v) is 6.90. The SMILES string of the molecule is O=C(CN1CCOCC1)N1CCN(C(=O)c2c(-n3cccc3)sc3c2CCSC3)CC1. The third kappa shape index (κ3) is 4.41. The van der Waals surface area contributed by atoms with Gasteiger partial charge in [-0.15, -0.1) is 11.3 Å². The number of morpholine rings is 1. The van der Waals surface area contributed by atoms with Gasteiger partial charge >= 0.3 is 0 Å². The number of fused-ring (bicyclic) bond motifs is 1. The van der Waals surface area contributed by atoms with Crippen LogP contribution in [0, 0.1) is 0 Å². The first kappa shape index (κ1) is 21.1. The first-order chi connectivity index (χ1) is 15.2. The Morgan fingerprint density at radius 2 is 1.68 bits per heavy atom. The maximum atomic E-state index is 13.6. The number of hydrogen-bond acceptors (Lipinski definition) is 6. The summed E-state index contributed by atoms with van der Waals surface area (Å²) in [6, 6.07) is 4.00. The number of aromatic nitrogens is 1. The molecule has 2 aromatic heterocycles. The lowest BCUT2D eigenvalue weighted by molar-refractivity contribution is -0.134. The summed E-state index contributed by atoms with van der Waals surface area (Å²) in [6.45, 7) is 5.88. The molecule has 0 spiro atoms. The van der Waals surface area contributed by atoms with Crippen molar-refractivity contribution in [3.8, 4) is 5.00 Å². The van der Waals surface area contributed by atoms with Crippen LogP contribution in [0.25, 0.3) is 5.00 Å². The van der Waals surface area contributed by atoms with Crippen molar-refractivity contribution in [1.82, 2.24) is 19.3 Å². The lowest BCUT2D eigenvalue weighted by atomic mass is 10.1. The van der Waals surface area contributed by atoms with Gasteiger partial charge in [-0.3, -0.25) is 14.5 Å². The van der Waals surface area contributed by atoms with E-state index in [0.29, 0.717) is 45.9 Å². The summed E-state index contributed by atoms with van der Waals surface area (Å²) in [4.78, 5) is 33.7. The number of piperazine rings is 1. The minimum absolute atomic E-state index is 0.119. The van der Waals surface area contributed by atoms with Crippen molar-refractivity contribution >= 4 is 34.9 Å². The van der Waals surface area contributed by atoms with Gasteiger partial charge in [-0.05, 0) is 29.9 Å². The number of carbonyl (C=O) groups is 2. The first-order valence-electron chi connectivity index (χ1n) is 10.9. The molecule has 0 bridgehead atoms. The van der Waals surface area contributed by atoms with Crippen LogP contribution in [0.15, 0.2) is 24.5 Å². The molecule has 3 aliphatic heterocycles. The fourth-order valence-electron chi connectivity index (χ4n) is 4.46. The predicted molar refractivity (Wildman–Crippen MR) is 123 cm³/mol. The number of carbonyl (C=O) groups excluding carboxylic acids is 2. The number of thiophene rings is 1. The van der Waals surface area contributed by atoms with E-state index in [1.807, 2.05) is 46.1 Å². The number of amides is 2. The summed E-state index contributed by atoms with van der Waals surface area (Å²) >= 11 is 3.69. The molecule has 0 atom stereocenters. The van der Waals surface area contributed by atoms with E-state index in [4.69, 9.17) is 4.74 Å². The van der Waals surface area contributed by atoms with Crippen molar-refractivity contribution in [2.75, 3.05) is 64.8 Å². The monoisotopic (exact) mass is 460 g/mol. The highest BCUT2D eigenvalue weighted by Crippen LogP contribution is 2.39. The molecule has 0 aromatic carbocycles. The molecule has 2 amide bonds. The number of hydrogen-bond donors (Lipinski definition) is 0. The zero-order valence-electron chi connectivity index (χ0n) is 17.6. The largest absolute Gasteiger partial charge is 0.379 e. The summed E-state index contributed by atoms with van der Waals surface area (Å²) in [5, 5.41) is 1.04. The Bertz CT molecular complexity index is 929. The van der Waals surface area contributed by atoms with Crippen LogP contribution in [0.2, 0.25) is 0 Å². The Balaban J connectivity index is 1.27. The number of thioether (sulfide) groups is 1. The van der Waals surface area contributed by atoms with E-state index in [2.05, 4.69) is 9.47 Å². The van der Waals surface area contributed by atoms with E-state index in [-0.39, 0.29) is 11.8 Å². The van der Waals surface area contributed by atoms with Gasteiger partial charge in [0.05, 0.1) is 25.3 Å². The van der Waals surface area contributed by atoms with Crippen LogP contribution in [0.1, 0.15) is 20.8 Å². The quantitative estimate of drug-likeness (QED) is 0.698. The molecular weight excluding hydrogens is 432 g/mol. The average Bonchev–Trinajstić information content (AvgIpc) is 3.47. The Kier molecular flexibility index (Phi) is 6.36. The molecule has 2 aromatic rings. The lowest BCUT2D eigenvalue weighted by Gasteiger charge is -2.36. The van der Waals surface area contributed by atoms with E-state index in [9.17, 15) is 9.59 Å². The van der Waals surface area contributed by atoms with Crippen molar-refractivity contribution in [3.05, 3.63) is 40.5 Å². The van der Waals surface area contributed by atoms with Gasteiger partial charge in [0.2, 0.25) is 5.91 Å². The average molecular weight is 461 g/mol. The predicted octanol–water partition coefficient (Wildman–Crippen LogP) is 1.94. The highest BCUT2D eigenvalue weighted by atomic mass is 32.2. The Hall–Kier alpha value is -1.81. The number of ether oxygens (including phenoxy) is 1. The van der Waals surface area contributed by atoms with Crippen molar-refractivity contribution in [1.29, 1.82) is 0 Å². The van der Waals surface area contributed by atoms with Crippen LogP contribution in [-0.2, 0) is 21.7 Å². The zero-order valence-corrected chi connectivity index (χ0v) is 19.3. The molecule has 7 nitrogen and oxygen atoms in total. The second-order valence-corrected chi connectivity index (χ2v) is 10.3. The first-order valence-corrected chi connectivity index (χ1v) is 12.9. The normalized spacial score (nSPS) is 20.0. The van der Waals surface area contributed by atoms with Crippen LogP contribution >= 0.6 is 23.1 Å². The fraction of sp³-hybridized carbons (Fsp3) is 0.545. The molecule has 2 saturated heterocycles. The molecule has 9 heteroatoms. The van der Waals surface area contributed by atoms with Crippen LogP contribution in [0.5, 0.6) is 0 Å². The van der Waals surface area contributed by atoms with Gasteiger partial charge in [-0.2, -0.15) is 11.8 Å². The Labute approximate surface area is 190 Å². The molecule has 0 aliphatic carbocycles. The maximum Gasteiger partial charge on any atom is 0.257 e. The number of rotatable bonds is 4. The van der Waals surface area contributed by atoms with E-state index in [1.165, 1.54) is 10.4 Å². The van der Waals surface area contributed by atoms with Gasteiger partial charge in [0.15, 0.2) is 0 Å². The van der Waals surface area contributed by atoms with E-state index >= 15 is 0 Å². The molecule has 2 fully saturated rings. The second kappa shape index (κ2) is 9.36. The highest BCUT2D eigenvalue weighted by molar-refractivity contribution is 7.98. The lowest BCUT2D eigenvalue weighted by Crippen LogP contribution is -2.53. The second-order valence-electron chi connectivity index (χ2n) is 8.14. The minimum Gasteiger partial charge on any atom is -0.379 e. The van der Waals surface area contributed by atoms with E-state index in [0.717, 1.165) is 41.6 Å². The smallest absolute Gasteiger partial charge is 0.257 e. The van der Waals surface area contributed by atoms with Gasteiger partial charge in [0.25, 0.3) is 5.91 Å². The third-order valence-electron chi connectivity index (χ3n) is 6.24. The topological polar surface area (TPSA) is 58.0 Å². The minimum atomic E-state index is 0.119. The van der Waals surface area contributed by atoms with Crippen LogP contribution < -0.4 is 0 Å². The molecule has 0 N–H and O–H groups in total. The summed E-state index contributed by atoms with van der Waals surface area (Å²) in [7, 11) is 0. The molecule has 0 unspecified atom stereocenters. The summed E-state index contributed by atoms with van der Waals surface area (Å²) in [5.41, 5.74) is 2.12. The number of nitrogens with zero attached hydrogens (tertiary/aromatic N) is 4. The summed E-state index contributed by atoms with van der Waals surface area (Å²) in [5.74, 6) is 2.34. The molecule has 5 rings (SSSR count). The van der Waals surface area contributed by atoms with Crippen LogP contribution in [-0.4, -0.2) is 95.9 Å². The molecule has 166 valence electrons. The van der Waals surface area contributed by atoms with E-state index < -0.39 is 0 Å². The third-order valence-corrected chi connectivity index (χ3v) is 8.65. The van der Waals surface area contributed by atoms with Crippen LogP contribution in [0.3, 0.4) is 0 Å². The Morgan fingerprint density at radius 1 is 0.968 bits per heavy atom. The van der Waals surface area contributed by atoms with Gasteiger partial charge in [0, 0.05) is 62.3 Å². The zero-order chi connectivity index (χ0) is 21.2. The molecule has 0 radical (unpaired) electrons. The standard InChI is InChI=1S/C22H28N4O3S2/c27-19(15-23-10-12-29-13-11-23)24-6-8-25(9-7-24)21(28)20-17-3-14-30-16-18(17)31-22(20)26-4-1-2-5-26/h1-2,4-5H,3,6-16H2. The highest BCUT2D eigenvalue weighted by Gasteiger charge is 2.32. The van der Waals surface area contributed by atoms with Gasteiger partial charge in [-0.25, -0.2) is 0 Å². The van der Waals surface area contributed by atoms with Gasteiger partial charge in [-0.1, -0.05) is 0 Å². The van der Waals surface area contributed by atoms with Crippen molar-refractivity contribution < 1.29 is 14.3 Å². The van der Waals surface area contributed by atoms with Crippen molar-refractivity contribution in [3.63, 3.8) is 0 Å². The molecule has 3 aliphatic rings. The van der Waals surface area contributed by atoms with E-state index in [1.54, 1.807) is 11.3 Å². The Morgan fingerprint density at radius 3 is 2.42 bits per heavy atom. The molecule has 0 saturated carbocycles.